The molecule has 0 spiro atoms. The van der Waals surface area contributed by atoms with Crippen LogP contribution in [0.3, 0.4) is 0 Å². The van der Waals surface area contributed by atoms with Crippen LogP contribution in [-0.4, -0.2) is 40.5 Å². The highest BCUT2D eigenvalue weighted by molar-refractivity contribution is 7.99. The molecule has 10 heteroatoms. The van der Waals surface area contributed by atoms with E-state index in [1.807, 2.05) is 62.4 Å². The molecule has 0 radical (unpaired) electrons. The minimum atomic E-state index is -4.09. The maximum Gasteiger partial charge on any atom is 0.297 e. The predicted octanol–water partition coefficient (Wildman–Crippen LogP) is 8.69. The summed E-state index contributed by atoms with van der Waals surface area (Å²) < 4.78 is 65.1. The van der Waals surface area contributed by atoms with Gasteiger partial charge in [0, 0.05) is 22.0 Å². The van der Waals surface area contributed by atoms with Crippen molar-refractivity contribution in [3.63, 3.8) is 0 Å². The molecule has 2 atom stereocenters. The molecule has 0 aromatic heterocycles. The number of thioether (sulfide) groups is 2. The predicted molar refractivity (Wildman–Crippen MR) is 184 cm³/mol. The van der Waals surface area contributed by atoms with Gasteiger partial charge in [0.15, 0.2) is 0 Å². The Bertz CT molecular complexity index is 1660. The van der Waals surface area contributed by atoms with Gasteiger partial charge in [0.05, 0.1) is 22.0 Å². The maximum absolute atomic E-state index is 13.4. The minimum absolute atomic E-state index is 0.0662. The van der Waals surface area contributed by atoms with Crippen molar-refractivity contribution in [2.24, 2.45) is 0 Å². The quantitative estimate of drug-likeness (QED) is 0.0585. The highest BCUT2D eigenvalue weighted by Gasteiger charge is 2.29. The van der Waals surface area contributed by atoms with Crippen molar-refractivity contribution in [3.05, 3.63) is 120 Å². The Morgan fingerprint density at radius 2 is 0.956 bits per heavy atom. The molecule has 0 aliphatic rings. The number of unbranched alkanes of at least 4 members (excludes halogenated alkanes) is 1. The molecule has 0 aliphatic carbocycles. The van der Waals surface area contributed by atoms with Crippen LogP contribution in [0.5, 0.6) is 0 Å². The summed E-state index contributed by atoms with van der Waals surface area (Å²) in [4.78, 5) is 2.37. The van der Waals surface area contributed by atoms with Crippen LogP contribution >= 0.6 is 23.5 Å². The van der Waals surface area contributed by atoms with Crippen LogP contribution in [0.15, 0.2) is 129 Å². The van der Waals surface area contributed by atoms with Gasteiger partial charge in [-0.25, -0.2) is 0 Å². The van der Waals surface area contributed by atoms with Crippen molar-refractivity contribution in [2.45, 2.75) is 77.7 Å². The van der Waals surface area contributed by atoms with E-state index in [0.29, 0.717) is 25.0 Å². The van der Waals surface area contributed by atoms with Crippen LogP contribution in [0, 0.1) is 13.8 Å². The normalized spacial score (nSPS) is 13.4. The average molecular weight is 685 g/mol. The molecule has 0 saturated carbocycles. The first-order valence-corrected chi connectivity index (χ1v) is 19.8. The first-order chi connectivity index (χ1) is 21.6. The van der Waals surface area contributed by atoms with Gasteiger partial charge in [-0.05, 0) is 93.8 Å². The molecule has 4 rings (SSSR count). The summed E-state index contributed by atoms with van der Waals surface area (Å²) in [5, 5.41) is 0. The summed E-state index contributed by atoms with van der Waals surface area (Å²) >= 11 is 3.34. The number of benzene rings is 4. The topological polar surface area (TPSA) is 86.7 Å². The zero-order chi connectivity index (χ0) is 32.1. The van der Waals surface area contributed by atoms with E-state index in [1.165, 1.54) is 29.2 Å². The molecule has 0 N–H and O–H groups in total. The van der Waals surface area contributed by atoms with E-state index in [4.69, 9.17) is 8.37 Å². The van der Waals surface area contributed by atoms with Gasteiger partial charge in [-0.15, -0.1) is 23.5 Å². The molecule has 4 aromatic carbocycles. The third kappa shape index (κ3) is 11.9. The van der Waals surface area contributed by atoms with Crippen LogP contribution in [0.2, 0.25) is 0 Å². The molecule has 2 unspecified atom stereocenters. The first kappa shape index (κ1) is 35.3. The molecule has 0 heterocycles. The van der Waals surface area contributed by atoms with Gasteiger partial charge in [0.2, 0.25) is 0 Å². The van der Waals surface area contributed by atoms with Gasteiger partial charge >= 0.3 is 0 Å². The minimum Gasteiger partial charge on any atom is -0.263 e. The first-order valence-electron chi connectivity index (χ1n) is 15.0. The number of hydrogen-bond acceptors (Lipinski definition) is 8. The van der Waals surface area contributed by atoms with Gasteiger partial charge in [-0.2, -0.15) is 16.8 Å². The van der Waals surface area contributed by atoms with Gasteiger partial charge < -0.3 is 0 Å². The molecule has 0 amide bonds. The fraction of sp³-hybridized carbons (Fsp3) is 0.314. The van der Waals surface area contributed by atoms with Gasteiger partial charge in [0.25, 0.3) is 20.2 Å². The van der Waals surface area contributed by atoms with Crippen molar-refractivity contribution in [2.75, 3.05) is 11.5 Å². The second-order valence-corrected chi connectivity index (χ2v) is 16.3. The average Bonchev–Trinajstić information content (AvgIpc) is 3.02. The largest absolute Gasteiger partial charge is 0.297 e. The van der Waals surface area contributed by atoms with E-state index in [2.05, 4.69) is 12.1 Å². The summed E-state index contributed by atoms with van der Waals surface area (Å²) in [7, 11) is -8.18. The Morgan fingerprint density at radius 1 is 0.533 bits per heavy atom. The maximum atomic E-state index is 13.4. The van der Waals surface area contributed by atoms with Gasteiger partial charge in [-0.1, -0.05) is 71.8 Å². The second kappa shape index (κ2) is 17.4. The summed E-state index contributed by atoms with van der Waals surface area (Å²) in [6, 6.07) is 33.0. The lowest BCUT2D eigenvalue weighted by Crippen LogP contribution is -2.28. The van der Waals surface area contributed by atoms with Crippen molar-refractivity contribution in [3.8, 4) is 0 Å². The molecule has 240 valence electrons. The van der Waals surface area contributed by atoms with Gasteiger partial charge in [-0.3, -0.25) is 8.37 Å². The zero-order valence-corrected chi connectivity index (χ0v) is 28.8. The highest BCUT2D eigenvalue weighted by Crippen LogP contribution is 2.28. The van der Waals surface area contributed by atoms with E-state index < -0.39 is 32.4 Å². The van der Waals surface area contributed by atoms with E-state index >= 15 is 0 Å². The van der Waals surface area contributed by atoms with Crippen LogP contribution in [0.25, 0.3) is 0 Å². The highest BCUT2D eigenvalue weighted by atomic mass is 32.2. The molecule has 0 fully saturated rings. The Kier molecular flexibility index (Phi) is 13.6. The van der Waals surface area contributed by atoms with Crippen LogP contribution in [0.4, 0.5) is 0 Å². The Balaban J connectivity index is 1.50. The van der Waals surface area contributed by atoms with Gasteiger partial charge in [0.1, 0.15) is 0 Å². The zero-order valence-electron chi connectivity index (χ0n) is 25.6. The Labute approximate surface area is 277 Å². The lowest BCUT2D eigenvalue weighted by Gasteiger charge is -2.24. The van der Waals surface area contributed by atoms with Crippen molar-refractivity contribution < 1.29 is 25.2 Å². The van der Waals surface area contributed by atoms with Crippen LogP contribution in [0.1, 0.15) is 43.2 Å². The van der Waals surface area contributed by atoms with E-state index in [1.54, 1.807) is 47.8 Å². The molecular weight excluding hydrogens is 645 g/mol. The molecule has 0 saturated heterocycles. The van der Waals surface area contributed by atoms with Crippen molar-refractivity contribution in [1.82, 2.24) is 0 Å². The Hall–Kier alpha value is -2.60. The fourth-order valence-corrected chi connectivity index (χ4v) is 8.72. The molecular formula is C35H40O6S4. The van der Waals surface area contributed by atoms with E-state index in [0.717, 1.165) is 28.2 Å². The lowest BCUT2D eigenvalue weighted by atomic mass is 10.0. The van der Waals surface area contributed by atoms with Crippen LogP contribution in [-0.2, 0) is 28.6 Å². The van der Waals surface area contributed by atoms with Crippen molar-refractivity contribution >= 4 is 43.8 Å². The second-order valence-electron chi connectivity index (χ2n) is 10.8. The number of rotatable bonds is 18. The molecule has 6 nitrogen and oxygen atoms in total. The van der Waals surface area contributed by atoms with E-state index in [-0.39, 0.29) is 16.2 Å². The summed E-state index contributed by atoms with van der Waals surface area (Å²) in [6.07, 6.45) is 0.945. The molecule has 4 aromatic rings. The smallest absolute Gasteiger partial charge is 0.263 e. The molecule has 0 aliphatic heterocycles. The third-order valence-corrected chi connectivity index (χ3v) is 11.9. The number of hydrogen-bond donors (Lipinski definition) is 0. The fourth-order valence-electron chi connectivity index (χ4n) is 4.59. The molecule has 45 heavy (non-hydrogen) atoms. The van der Waals surface area contributed by atoms with Crippen molar-refractivity contribution in [1.29, 1.82) is 0 Å². The summed E-state index contributed by atoms with van der Waals surface area (Å²) in [6.45, 7) is 3.77. The summed E-state index contributed by atoms with van der Waals surface area (Å²) in [5.74, 6) is 1.46. The Morgan fingerprint density at radius 3 is 1.42 bits per heavy atom. The number of aryl methyl sites for hydroxylation is 2. The van der Waals surface area contributed by atoms with E-state index in [9.17, 15) is 16.8 Å². The third-order valence-electron chi connectivity index (χ3n) is 7.05. The summed E-state index contributed by atoms with van der Waals surface area (Å²) in [5.41, 5.74) is 1.87. The van der Waals surface area contributed by atoms with Crippen LogP contribution < -0.4 is 0 Å². The standard InChI is InChI=1S/C35H40O6S4/c1-28-16-20-34(21-17-28)44(36,37)40-30(11-9-10-25-42-32-12-5-3-6-13-32)27-31(24-26-43-33-14-7-4-8-15-33)41-45(38,39)35-22-18-29(2)19-23-35/h3-8,12-23,30-31H,9-11,24-27H2,1-2H3. The SMILES string of the molecule is Cc1ccc(S(=O)(=O)OC(CCCCSc2ccccc2)CC(CCSc2ccccc2)OS(=O)(=O)c2ccc(C)cc2)cc1. The lowest BCUT2D eigenvalue weighted by molar-refractivity contribution is 0.110. The molecule has 0 bridgehead atoms. The monoisotopic (exact) mass is 684 g/mol.